The van der Waals surface area contributed by atoms with Crippen molar-refractivity contribution in [1.82, 2.24) is 15.3 Å². The minimum Gasteiger partial charge on any atom is -0.345 e. The highest BCUT2D eigenvalue weighted by Gasteiger charge is 2.21. The maximum Gasteiger partial charge on any atom is 0.120 e. The lowest BCUT2D eigenvalue weighted by Gasteiger charge is -2.04. The van der Waals surface area contributed by atoms with Gasteiger partial charge in [-0.1, -0.05) is 12.8 Å². The SMILES string of the molecule is c1nc(CNC2CC2)[nH]c1C1CCCC1. The number of rotatable bonds is 4. The summed E-state index contributed by atoms with van der Waals surface area (Å²) in [6.07, 6.45) is 10.2. The number of imidazole rings is 1. The van der Waals surface area contributed by atoms with Gasteiger partial charge in [0.2, 0.25) is 0 Å². The molecule has 0 unspecified atom stereocenters. The van der Waals surface area contributed by atoms with Gasteiger partial charge in [-0.05, 0) is 25.7 Å². The Bertz CT molecular complexity index is 321. The molecule has 2 N–H and O–H groups in total. The predicted octanol–water partition coefficient (Wildman–Crippen LogP) is 2.32. The van der Waals surface area contributed by atoms with Crippen molar-refractivity contribution in [3.05, 3.63) is 17.7 Å². The van der Waals surface area contributed by atoms with Gasteiger partial charge in [0, 0.05) is 23.9 Å². The van der Waals surface area contributed by atoms with E-state index < -0.39 is 0 Å². The number of H-pyrrole nitrogens is 1. The monoisotopic (exact) mass is 205 g/mol. The van der Waals surface area contributed by atoms with Crippen LogP contribution in [0.2, 0.25) is 0 Å². The molecule has 2 aliphatic carbocycles. The first-order chi connectivity index (χ1) is 7.42. The lowest BCUT2D eigenvalue weighted by molar-refractivity contribution is 0.654. The molecule has 15 heavy (non-hydrogen) atoms. The van der Waals surface area contributed by atoms with E-state index in [1.807, 2.05) is 6.20 Å². The van der Waals surface area contributed by atoms with Gasteiger partial charge in [-0.25, -0.2) is 4.98 Å². The van der Waals surface area contributed by atoms with Crippen LogP contribution < -0.4 is 5.32 Å². The third-order valence-electron chi connectivity index (χ3n) is 3.58. The van der Waals surface area contributed by atoms with E-state index in [1.54, 1.807) is 0 Å². The Labute approximate surface area is 90.7 Å². The van der Waals surface area contributed by atoms with Crippen molar-refractivity contribution in [3.63, 3.8) is 0 Å². The number of hydrogen-bond donors (Lipinski definition) is 2. The standard InChI is InChI=1S/C12H19N3/c1-2-4-9(3-1)11-7-14-12(15-11)8-13-10-5-6-10/h7,9-10,13H,1-6,8H2,(H,14,15). The van der Waals surface area contributed by atoms with Gasteiger partial charge < -0.3 is 10.3 Å². The predicted molar refractivity (Wildman–Crippen MR) is 59.7 cm³/mol. The summed E-state index contributed by atoms with van der Waals surface area (Å²) in [4.78, 5) is 7.91. The molecule has 0 amide bonds. The van der Waals surface area contributed by atoms with Crippen LogP contribution in [-0.2, 0) is 6.54 Å². The summed E-state index contributed by atoms with van der Waals surface area (Å²) in [6, 6.07) is 0.769. The zero-order valence-electron chi connectivity index (χ0n) is 9.13. The van der Waals surface area contributed by atoms with Crippen LogP contribution in [0, 0.1) is 0 Å². The molecule has 3 rings (SSSR count). The molecule has 0 aliphatic heterocycles. The second kappa shape index (κ2) is 3.97. The third-order valence-corrected chi connectivity index (χ3v) is 3.58. The molecular formula is C12H19N3. The van der Waals surface area contributed by atoms with Crippen molar-refractivity contribution >= 4 is 0 Å². The fraction of sp³-hybridized carbons (Fsp3) is 0.750. The van der Waals surface area contributed by atoms with Crippen molar-refractivity contribution in [2.24, 2.45) is 0 Å². The minimum absolute atomic E-state index is 0.757. The van der Waals surface area contributed by atoms with E-state index in [2.05, 4.69) is 15.3 Å². The maximum absolute atomic E-state index is 4.44. The van der Waals surface area contributed by atoms with Crippen molar-refractivity contribution in [2.45, 2.75) is 57.0 Å². The molecule has 0 bridgehead atoms. The zero-order chi connectivity index (χ0) is 10.1. The van der Waals surface area contributed by atoms with E-state index in [0.717, 1.165) is 24.3 Å². The van der Waals surface area contributed by atoms with Crippen molar-refractivity contribution in [1.29, 1.82) is 0 Å². The quantitative estimate of drug-likeness (QED) is 0.792. The number of nitrogens with zero attached hydrogens (tertiary/aromatic N) is 1. The van der Waals surface area contributed by atoms with Gasteiger partial charge in [0.05, 0.1) is 6.54 Å². The van der Waals surface area contributed by atoms with E-state index >= 15 is 0 Å². The molecule has 1 aromatic rings. The van der Waals surface area contributed by atoms with Crippen molar-refractivity contribution in [3.8, 4) is 0 Å². The number of nitrogens with one attached hydrogen (secondary N) is 2. The van der Waals surface area contributed by atoms with E-state index in [0.29, 0.717) is 0 Å². The highest BCUT2D eigenvalue weighted by atomic mass is 15.0. The normalized spacial score (nSPS) is 22.4. The van der Waals surface area contributed by atoms with Crippen LogP contribution in [-0.4, -0.2) is 16.0 Å². The number of aromatic amines is 1. The average Bonchev–Trinajstić information content (AvgIpc) is 2.78. The molecule has 0 aromatic carbocycles. The Morgan fingerprint density at radius 3 is 2.80 bits per heavy atom. The van der Waals surface area contributed by atoms with E-state index in [-0.39, 0.29) is 0 Å². The lowest BCUT2D eigenvalue weighted by atomic mass is 10.1. The Balaban J connectivity index is 1.59. The fourth-order valence-corrected chi connectivity index (χ4v) is 2.44. The summed E-state index contributed by atoms with van der Waals surface area (Å²) in [7, 11) is 0. The van der Waals surface area contributed by atoms with Gasteiger partial charge in [0.1, 0.15) is 5.82 Å². The minimum atomic E-state index is 0.757. The molecule has 2 fully saturated rings. The van der Waals surface area contributed by atoms with Crippen molar-refractivity contribution < 1.29 is 0 Å². The fourth-order valence-electron chi connectivity index (χ4n) is 2.44. The third kappa shape index (κ3) is 2.23. The molecule has 2 saturated carbocycles. The highest BCUT2D eigenvalue weighted by molar-refractivity contribution is 5.09. The Hall–Kier alpha value is -0.830. The molecule has 82 valence electrons. The van der Waals surface area contributed by atoms with Crippen molar-refractivity contribution in [2.75, 3.05) is 0 Å². The largest absolute Gasteiger partial charge is 0.345 e. The summed E-state index contributed by atoms with van der Waals surface area (Å²) in [5.41, 5.74) is 1.36. The average molecular weight is 205 g/mol. The summed E-state index contributed by atoms with van der Waals surface area (Å²) < 4.78 is 0. The highest BCUT2D eigenvalue weighted by Crippen LogP contribution is 2.32. The topological polar surface area (TPSA) is 40.7 Å². The van der Waals surface area contributed by atoms with E-state index in [9.17, 15) is 0 Å². The van der Waals surface area contributed by atoms with Crippen LogP contribution >= 0.6 is 0 Å². The summed E-state index contributed by atoms with van der Waals surface area (Å²) in [5.74, 6) is 1.87. The molecule has 3 nitrogen and oxygen atoms in total. The van der Waals surface area contributed by atoms with Crippen LogP contribution in [0.25, 0.3) is 0 Å². The first kappa shape index (κ1) is 9.40. The first-order valence-corrected chi connectivity index (χ1v) is 6.19. The van der Waals surface area contributed by atoms with Gasteiger partial charge in [-0.3, -0.25) is 0 Å². The lowest BCUT2D eigenvalue weighted by Crippen LogP contribution is -2.16. The smallest absolute Gasteiger partial charge is 0.120 e. The molecule has 0 saturated heterocycles. The molecule has 0 spiro atoms. The van der Waals surface area contributed by atoms with Crippen LogP contribution in [0.1, 0.15) is 56.0 Å². The molecule has 0 atom stereocenters. The molecule has 2 aliphatic rings. The van der Waals surface area contributed by atoms with Crippen LogP contribution in [0.3, 0.4) is 0 Å². The molecular weight excluding hydrogens is 186 g/mol. The molecule has 1 heterocycles. The number of aromatic nitrogens is 2. The van der Waals surface area contributed by atoms with Gasteiger partial charge >= 0.3 is 0 Å². The second-order valence-electron chi connectivity index (χ2n) is 4.92. The first-order valence-electron chi connectivity index (χ1n) is 6.19. The Morgan fingerprint density at radius 2 is 2.07 bits per heavy atom. The molecule has 1 aromatic heterocycles. The van der Waals surface area contributed by atoms with Crippen LogP contribution in [0.4, 0.5) is 0 Å². The summed E-state index contributed by atoms with van der Waals surface area (Å²) in [6.45, 7) is 0.914. The van der Waals surface area contributed by atoms with E-state index in [1.165, 1.54) is 44.2 Å². The number of hydrogen-bond acceptors (Lipinski definition) is 2. The second-order valence-corrected chi connectivity index (χ2v) is 4.92. The molecule has 3 heteroatoms. The maximum atomic E-state index is 4.44. The van der Waals surface area contributed by atoms with Crippen LogP contribution in [0.15, 0.2) is 6.20 Å². The van der Waals surface area contributed by atoms with Gasteiger partial charge in [-0.15, -0.1) is 0 Å². The Morgan fingerprint density at radius 1 is 1.27 bits per heavy atom. The van der Waals surface area contributed by atoms with E-state index in [4.69, 9.17) is 0 Å². The van der Waals surface area contributed by atoms with Gasteiger partial charge in [0.25, 0.3) is 0 Å². The molecule has 0 radical (unpaired) electrons. The summed E-state index contributed by atoms with van der Waals surface area (Å²) >= 11 is 0. The van der Waals surface area contributed by atoms with Gasteiger partial charge in [-0.2, -0.15) is 0 Å². The Kier molecular flexibility index (Phi) is 2.49. The van der Waals surface area contributed by atoms with Crippen LogP contribution in [0.5, 0.6) is 0 Å². The zero-order valence-corrected chi connectivity index (χ0v) is 9.13. The van der Waals surface area contributed by atoms with Gasteiger partial charge in [0.15, 0.2) is 0 Å². The summed E-state index contributed by atoms with van der Waals surface area (Å²) in [5, 5.41) is 3.48.